The summed E-state index contributed by atoms with van der Waals surface area (Å²) in [6.07, 6.45) is 4.53. The molecule has 112 valence electrons. The van der Waals surface area contributed by atoms with Crippen molar-refractivity contribution in [3.63, 3.8) is 0 Å². The van der Waals surface area contributed by atoms with Gasteiger partial charge in [0.25, 0.3) is 0 Å². The molecule has 7 heteroatoms. The van der Waals surface area contributed by atoms with Crippen LogP contribution in [0, 0.1) is 0 Å². The molecule has 0 spiro atoms. The van der Waals surface area contributed by atoms with Gasteiger partial charge in [-0.15, -0.1) is 5.10 Å². The zero-order chi connectivity index (χ0) is 15.1. The summed E-state index contributed by atoms with van der Waals surface area (Å²) in [7, 11) is 0. The molecule has 1 aromatic heterocycles. The molecule has 0 saturated carbocycles. The van der Waals surface area contributed by atoms with Crippen molar-refractivity contribution in [2.24, 2.45) is 5.73 Å². The number of nitrogens with two attached hydrogens (primary N) is 1. The Morgan fingerprint density at radius 1 is 1.33 bits per heavy atom. The van der Waals surface area contributed by atoms with Crippen LogP contribution < -0.4 is 11.1 Å². The number of anilines is 1. The highest BCUT2D eigenvalue weighted by Gasteiger charge is 2.08. The van der Waals surface area contributed by atoms with Gasteiger partial charge in [-0.3, -0.25) is 4.79 Å². The molecule has 1 aromatic carbocycles. The number of aromatic nitrogens is 3. The Morgan fingerprint density at radius 3 is 2.90 bits per heavy atom. The first-order chi connectivity index (χ1) is 10.2. The number of hydrogen-bond acceptors (Lipinski definition) is 4. The maximum Gasteiger partial charge on any atom is 0.246 e. The summed E-state index contributed by atoms with van der Waals surface area (Å²) < 4.78 is 1.52. The van der Waals surface area contributed by atoms with E-state index in [0.717, 1.165) is 25.0 Å². The number of nitrogens with one attached hydrogen (secondary N) is 1. The summed E-state index contributed by atoms with van der Waals surface area (Å²) in [5.41, 5.74) is 6.90. The SMILES string of the molecule is NCCCCc1cn(CC(=O)Nc2ccccc2Cl)nn1. The predicted molar refractivity (Wildman–Crippen MR) is 82.1 cm³/mol. The predicted octanol–water partition coefficient (Wildman–Crippen LogP) is 1.85. The van der Waals surface area contributed by atoms with Gasteiger partial charge >= 0.3 is 0 Å². The molecule has 0 aliphatic rings. The molecule has 0 saturated heterocycles. The van der Waals surface area contributed by atoms with Gasteiger partial charge in [0.1, 0.15) is 6.54 Å². The number of benzene rings is 1. The molecule has 0 fully saturated rings. The fourth-order valence-electron chi connectivity index (χ4n) is 1.88. The third-order valence-corrected chi connectivity index (χ3v) is 3.26. The maximum atomic E-state index is 11.9. The van der Waals surface area contributed by atoms with Gasteiger partial charge in [0.2, 0.25) is 5.91 Å². The molecule has 0 aliphatic heterocycles. The molecular formula is C14H18ClN5O. The average molecular weight is 308 g/mol. The lowest BCUT2D eigenvalue weighted by Crippen LogP contribution is -2.19. The Balaban J connectivity index is 1.87. The van der Waals surface area contributed by atoms with Crippen LogP contribution in [0.25, 0.3) is 0 Å². The Bertz CT molecular complexity index is 599. The third kappa shape index (κ3) is 4.84. The molecule has 2 aromatic rings. The first-order valence-electron chi connectivity index (χ1n) is 6.82. The number of amides is 1. The van der Waals surface area contributed by atoms with Crippen LogP contribution in [-0.4, -0.2) is 27.4 Å². The van der Waals surface area contributed by atoms with Crippen molar-refractivity contribution in [1.29, 1.82) is 0 Å². The second kappa shape index (κ2) is 7.75. The average Bonchev–Trinajstić information content (AvgIpc) is 2.89. The second-order valence-electron chi connectivity index (χ2n) is 4.68. The number of para-hydroxylation sites is 1. The largest absolute Gasteiger partial charge is 0.330 e. The number of rotatable bonds is 7. The third-order valence-electron chi connectivity index (χ3n) is 2.93. The smallest absolute Gasteiger partial charge is 0.246 e. The highest BCUT2D eigenvalue weighted by Crippen LogP contribution is 2.20. The summed E-state index contributed by atoms with van der Waals surface area (Å²) in [6.45, 7) is 0.781. The van der Waals surface area contributed by atoms with E-state index in [2.05, 4.69) is 15.6 Å². The highest BCUT2D eigenvalue weighted by atomic mass is 35.5. The van der Waals surface area contributed by atoms with Crippen molar-refractivity contribution in [1.82, 2.24) is 15.0 Å². The molecule has 1 amide bonds. The van der Waals surface area contributed by atoms with Crippen molar-refractivity contribution in [2.45, 2.75) is 25.8 Å². The fraction of sp³-hybridized carbons (Fsp3) is 0.357. The number of carbonyl (C=O) groups is 1. The van der Waals surface area contributed by atoms with Crippen molar-refractivity contribution >= 4 is 23.2 Å². The van der Waals surface area contributed by atoms with Crippen molar-refractivity contribution < 1.29 is 4.79 Å². The quantitative estimate of drug-likeness (QED) is 0.764. The standard InChI is InChI=1S/C14H18ClN5O/c15-12-6-1-2-7-13(12)17-14(21)10-20-9-11(18-19-20)5-3-4-8-16/h1-2,6-7,9H,3-5,8,10,16H2,(H,17,21). The molecule has 0 bridgehead atoms. The Hall–Kier alpha value is -1.92. The summed E-state index contributed by atoms with van der Waals surface area (Å²) >= 11 is 5.99. The minimum absolute atomic E-state index is 0.106. The van der Waals surface area contributed by atoms with Crippen LogP contribution in [0.4, 0.5) is 5.69 Å². The Morgan fingerprint density at radius 2 is 2.14 bits per heavy atom. The highest BCUT2D eigenvalue weighted by molar-refractivity contribution is 6.33. The normalized spacial score (nSPS) is 10.6. The first kappa shape index (κ1) is 15.5. The molecular weight excluding hydrogens is 290 g/mol. The molecule has 0 atom stereocenters. The molecule has 6 nitrogen and oxygen atoms in total. The van der Waals surface area contributed by atoms with E-state index in [4.69, 9.17) is 17.3 Å². The van der Waals surface area contributed by atoms with Crippen LogP contribution in [0.2, 0.25) is 5.02 Å². The van der Waals surface area contributed by atoms with Crippen LogP contribution in [0.15, 0.2) is 30.5 Å². The summed E-state index contributed by atoms with van der Waals surface area (Å²) in [5.74, 6) is -0.193. The van der Waals surface area contributed by atoms with E-state index >= 15 is 0 Å². The van der Waals surface area contributed by atoms with Gasteiger partial charge in [0.05, 0.1) is 16.4 Å². The van der Waals surface area contributed by atoms with Gasteiger partial charge in [0, 0.05) is 6.20 Å². The summed E-state index contributed by atoms with van der Waals surface area (Å²) in [5, 5.41) is 11.2. The minimum atomic E-state index is -0.193. The van der Waals surface area contributed by atoms with Gasteiger partial charge in [-0.25, -0.2) is 4.68 Å². The first-order valence-corrected chi connectivity index (χ1v) is 7.20. The number of carbonyl (C=O) groups excluding carboxylic acids is 1. The van der Waals surface area contributed by atoms with Crippen LogP contribution in [0.3, 0.4) is 0 Å². The van der Waals surface area contributed by atoms with Gasteiger partial charge in [0.15, 0.2) is 0 Å². The molecule has 1 heterocycles. The lowest BCUT2D eigenvalue weighted by Gasteiger charge is -2.06. The van der Waals surface area contributed by atoms with E-state index in [1.54, 1.807) is 18.3 Å². The van der Waals surface area contributed by atoms with Crippen LogP contribution >= 0.6 is 11.6 Å². The molecule has 3 N–H and O–H groups in total. The van der Waals surface area contributed by atoms with Gasteiger partial charge in [-0.1, -0.05) is 28.9 Å². The Kier molecular flexibility index (Phi) is 5.71. The number of halogens is 1. The van der Waals surface area contributed by atoms with Crippen molar-refractivity contribution in [3.05, 3.63) is 41.2 Å². The zero-order valence-corrected chi connectivity index (χ0v) is 12.4. The minimum Gasteiger partial charge on any atom is -0.330 e. The number of hydrogen-bond donors (Lipinski definition) is 2. The molecule has 2 rings (SSSR count). The molecule has 21 heavy (non-hydrogen) atoms. The topological polar surface area (TPSA) is 85.8 Å². The van der Waals surface area contributed by atoms with Crippen LogP contribution in [0.1, 0.15) is 18.5 Å². The van der Waals surface area contributed by atoms with Gasteiger partial charge in [-0.2, -0.15) is 0 Å². The molecule has 0 radical (unpaired) electrons. The van der Waals surface area contributed by atoms with E-state index in [9.17, 15) is 4.79 Å². The summed E-state index contributed by atoms with van der Waals surface area (Å²) in [6, 6.07) is 7.09. The lowest BCUT2D eigenvalue weighted by molar-refractivity contribution is -0.116. The van der Waals surface area contributed by atoms with Crippen LogP contribution in [-0.2, 0) is 17.8 Å². The van der Waals surface area contributed by atoms with E-state index in [-0.39, 0.29) is 12.5 Å². The Labute approximate surface area is 128 Å². The van der Waals surface area contributed by atoms with Gasteiger partial charge in [-0.05, 0) is 37.9 Å². The maximum absolute atomic E-state index is 11.9. The zero-order valence-electron chi connectivity index (χ0n) is 11.6. The van der Waals surface area contributed by atoms with E-state index in [1.807, 2.05) is 12.1 Å². The van der Waals surface area contributed by atoms with Crippen molar-refractivity contribution in [3.8, 4) is 0 Å². The van der Waals surface area contributed by atoms with E-state index < -0.39 is 0 Å². The van der Waals surface area contributed by atoms with Crippen LogP contribution in [0.5, 0.6) is 0 Å². The van der Waals surface area contributed by atoms with Crippen molar-refractivity contribution in [2.75, 3.05) is 11.9 Å². The number of unbranched alkanes of at least 4 members (excludes halogenated alkanes) is 1. The second-order valence-corrected chi connectivity index (χ2v) is 5.09. The van der Waals surface area contributed by atoms with E-state index in [1.165, 1.54) is 4.68 Å². The fourth-order valence-corrected chi connectivity index (χ4v) is 2.06. The van der Waals surface area contributed by atoms with E-state index in [0.29, 0.717) is 17.3 Å². The number of aryl methyl sites for hydroxylation is 1. The number of nitrogens with zero attached hydrogens (tertiary/aromatic N) is 3. The summed E-state index contributed by atoms with van der Waals surface area (Å²) in [4.78, 5) is 11.9. The lowest BCUT2D eigenvalue weighted by atomic mass is 10.2. The monoisotopic (exact) mass is 307 g/mol. The molecule has 0 aliphatic carbocycles. The van der Waals surface area contributed by atoms with Gasteiger partial charge < -0.3 is 11.1 Å². The molecule has 0 unspecified atom stereocenters.